The summed E-state index contributed by atoms with van der Waals surface area (Å²) >= 11 is 0. The molecule has 7 nitrogen and oxygen atoms in total. The van der Waals surface area contributed by atoms with E-state index >= 15 is 0 Å². The second-order valence-electron chi connectivity index (χ2n) is 5.83. The highest BCUT2D eigenvalue weighted by Crippen LogP contribution is 2.23. The fourth-order valence-corrected chi connectivity index (χ4v) is 3.73. The van der Waals surface area contributed by atoms with Gasteiger partial charge in [0.05, 0.1) is 18.6 Å². The number of rotatable bonds is 6. The molecular weight excluding hydrogens is 354 g/mol. The van der Waals surface area contributed by atoms with Crippen LogP contribution in [-0.2, 0) is 16.6 Å². The lowest BCUT2D eigenvalue weighted by Gasteiger charge is -2.08. The molecule has 0 spiro atoms. The molecule has 0 aliphatic carbocycles. The molecule has 2 aromatic carbocycles. The van der Waals surface area contributed by atoms with Gasteiger partial charge in [0.1, 0.15) is 5.75 Å². The molecule has 1 aromatic heterocycles. The molecule has 0 radical (unpaired) electrons. The summed E-state index contributed by atoms with van der Waals surface area (Å²) in [7, 11) is -2.10. The van der Waals surface area contributed by atoms with E-state index in [9.17, 15) is 8.42 Å². The maximum Gasteiger partial charge on any atom is 0.247 e. The number of benzene rings is 2. The zero-order valence-electron chi connectivity index (χ0n) is 14.7. The van der Waals surface area contributed by atoms with Crippen molar-refractivity contribution in [2.45, 2.75) is 25.3 Å². The topological polar surface area (TPSA) is 94.3 Å². The van der Waals surface area contributed by atoms with Gasteiger partial charge in [0, 0.05) is 5.56 Å². The Morgan fingerprint density at radius 3 is 2.65 bits per heavy atom. The number of hydrogen-bond acceptors (Lipinski definition) is 6. The molecule has 8 heteroatoms. The van der Waals surface area contributed by atoms with Crippen LogP contribution in [0.2, 0.25) is 0 Å². The second-order valence-corrected chi connectivity index (χ2v) is 7.56. The predicted octanol–water partition coefficient (Wildman–Crippen LogP) is 2.84. The summed E-state index contributed by atoms with van der Waals surface area (Å²) in [6.07, 6.45) is 0. The first kappa shape index (κ1) is 18.1. The Labute approximate surface area is 152 Å². The van der Waals surface area contributed by atoms with E-state index in [1.807, 2.05) is 13.0 Å². The monoisotopic (exact) mass is 373 g/mol. The summed E-state index contributed by atoms with van der Waals surface area (Å²) in [5.41, 5.74) is 2.38. The second kappa shape index (κ2) is 7.27. The Morgan fingerprint density at radius 2 is 1.92 bits per heavy atom. The highest BCUT2D eigenvalue weighted by molar-refractivity contribution is 7.89. The molecule has 1 heterocycles. The summed E-state index contributed by atoms with van der Waals surface area (Å²) in [5, 5.41) is 7.85. The predicted molar refractivity (Wildman–Crippen MR) is 96.2 cm³/mol. The molecule has 3 rings (SSSR count). The Morgan fingerprint density at radius 1 is 1.12 bits per heavy atom. The van der Waals surface area contributed by atoms with Gasteiger partial charge in [-0.25, -0.2) is 13.1 Å². The van der Waals surface area contributed by atoms with Gasteiger partial charge in [0.2, 0.25) is 21.8 Å². The largest absolute Gasteiger partial charge is 0.497 e. The number of aryl methyl sites for hydroxylation is 2. The van der Waals surface area contributed by atoms with Crippen LogP contribution in [0.3, 0.4) is 0 Å². The molecule has 0 fully saturated rings. The van der Waals surface area contributed by atoms with Gasteiger partial charge >= 0.3 is 0 Å². The number of sulfonamides is 1. The first-order valence-corrected chi connectivity index (χ1v) is 9.41. The number of ether oxygens (including phenoxy) is 1. The van der Waals surface area contributed by atoms with Crippen LogP contribution < -0.4 is 9.46 Å². The third-order valence-corrected chi connectivity index (χ3v) is 5.38. The van der Waals surface area contributed by atoms with Crippen molar-refractivity contribution < 1.29 is 17.6 Å². The molecule has 0 aliphatic heterocycles. The van der Waals surface area contributed by atoms with Crippen molar-refractivity contribution in [2.24, 2.45) is 0 Å². The smallest absolute Gasteiger partial charge is 0.247 e. The van der Waals surface area contributed by atoms with Gasteiger partial charge in [0.25, 0.3) is 0 Å². The summed E-state index contributed by atoms with van der Waals surface area (Å²) in [6.45, 7) is 3.58. The molecule has 0 atom stereocenters. The van der Waals surface area contributed by atoms with E-state index in [-0.39, 0.29) is 17.3 Å². The van der Waals surface area contributed by atoms with Crippen LogP contribution in [0.4, 0.5) is 0 Å². The van der Waals surface area contributed by atoms with Crippen molar-refractivity contribution in [3.8, 4) is 17.2 Å². The Hall–Kier alpha value is -2.71. The van der Waals surface area contributed by atoms with Crippen LogP contribution in [0.25, 0.3) is 11.5 Å². The zero-order valence-corrected chi connectivity index (χ0v) is 15.5. The third-order valence-electron chi connectivity index (χ3n) is 3.82. The van der Waals surface area contributed by atoms with Gasteiger partial charge in [-0.05, 0) is 43.7 Å². The number of hydrogen-bond donors (Lipinski definition) is 1. The SMILES string of the molecule is COc1cccc(-c2nnc(CNS(=O)(=O)c3ccc(C)cc3C)o2)c1. The van der Waals surface area contributed by atoms with Gasteiger partial charge in [-0.15, -0.1) is 10.2 Å². The first-order valence-electron chi connectivity index (χ1n) is 7.93. The van der Waals surface area contributed by atoms with Gasteiger partial charge in [-0.2, -0.15) is 0 Å². The highest BCUT2D eigenvalue weighted by Gasteiger charge is 2.18. The van der Waals surface area contributed by atoms with E-state index in [2.05, 4.69) is 14.9 Å². The maximum absolute atomic E-state index is 12.5. The number of nitrogens with zero attached hydrogens (tertiary/aromatic N) is 2. The summed E-state index contributed by atoms with van der Waals surface area (Å²) in [4.78, 5) is 0.232. The lowest BCUT2D eigenvalue weighted by atomic mass is 10.2. The van der Waals surface area contributed by atoms with Gasteiger partial charge in [-0.1, -0.05) is 23.8 Å². The molecule has 0 aliphatic rings. The standard InChI is InChI=1S/C18H19N3O4S/c1-12-7-8-16(13(2)9-12)26(22,23)19-11-17-20-21-18(25-17)14-5-4-6-15(10-14)24-3/h4-10,19H,11H2,1-3H3. The van der Waals surface area contributed by atoms with E-state index in [4.69, 9.17) is 9.15 Å². The summed E-state index contributed by atoms with van der Waals surface area (Å²) < 4.78 is 38.2. The van der Waals surface area contributed by atoms with Crippen LogP contribution in [0, 0.1) is 13.8 Å². The average molecular weight is 373 g/mol. The van der Waals surface area contributed by atoms with Gasteiger partial charge in [-0.3, -0.25) is 0 Å². The molecule has 0 unspecified atom stereocenters. The van der Waals surface area contributed by atoms with Crippen molar-refractivity contribution in [3.05, 3.63) is 59.5 Å². The molecule has 0 bridgehead atoms. The lowest BCUT2D eigenvalue weighted by molar-refractivity contribution is 0.414. The van der Waals surface area contributed by atoms with Crippen molar-refractivity contribution in [1.29, 1.82) is 0 Å². The fraction of sp³-hybridized carbons (Fsp3) is 0.222. The summed E-state index contributed by atoms with van der Waals surface area (Å²) in [5.74, 6) is 1.14. The molecule has 0 amide bonds. The number of nitrogens with one attached hydrogen (secondary N) is 1. The average Bonchev–Trinajstić information content (AvgIpc) is 3.09. The third kappa shape index (κ3) is 3.92. The Kier molecular flexibility index (Phi) is 5.06. The van der Waals surface area contributed by atoms with Crippen LogP contribution in [0.5, 0.6) is 5.75 Å². The van der Waals surface area contributed by atoms with Crippen molar-refractivity contribution in [2.75, 3.05) is 7.11 Å². The van der Waals surface area contributed by atoms with Crippen LogP contribution in [0.15, 0.2) is 51.8 Å². The molecule has 1 N–H and O–H groups in total. The van der Waals surface area contributed by atoms with Crippen molar-refractivity contribution >= 4 is 10.0 Å². The molecule has 136 valence electrons. The number of methoxy groups -OCH3 is 1. The van der Waals surface area contributed by atoms with Crippen LogP contribution in [-0.4, -0.2) is 25.7 Å². The minimum Gasteiger partial charge on any atom is -0.497 e. The van der Waals surface area contributed by atoms with Gasteiger partial charge < -0.3 is 9.15 Å². The molecule has 3 aromatic rings. The van der Waals surface area contributed by atoms with E-state index in [1.165, 1.54) is 0 Å². The quantitative estimate of drug-likeness (QED) is 0.714. The highest BCUT2D eigenvalue weighted by atomic mass is 32.2. The fourth-order valence-electron chi connectivity index (χ4n) is 2.53. The minimum atomic E-state index is -3.67. The maximum atomic E-state index is 12.5. The first-order chi connectivity index (χ1) is 12.4. The Balaban J connectivity index is 1.75. The summed E-state index contributed by atoms with van der Waals surface area (Å²) in [6, 6.07) is 12.3. The molecule has 0 saturated carbocycles. The van der Waals surface area contributed by atoms with Gasteiger partial charge in [0.15, 0.2) is 0 Å². The normalized spacial score (nSPS) is 11.5. The van der Waals surface area contributed by atoms with E-state index in [0.717, 1.165) is 5.56 Å². The van der Waals surface area contributed by atoms with Crippen molar-refractivity contribution in [1.82, 2.24) is 14.9 Å². The molecular formula is C18H19N3O4S. The van der Waals surface area contributed by atoms with Crippen molar-refractivity contribution in [3.63, 3.8) is 0 Å². The Bertz CT molecular complexity index is 1030. The van der Waals surface area contributed by atoms with Crippen LogP contribution >= 0.6 is 0 Å². The van der Waals surface area contributed by atoms with E-state index in [0.29, 0.717) is 22.8 Å². The van der Waals surface area contributed by atoms with E-state index < -0.39 is 10.0 Å². The van der Waals surface area contributed by atoms with E-state index in [1.54, 1.807) is 50.4 Å². The van der Waals surface area contributed by atoms with Crippen LogP contribution in [0.1, 0.15) is 17.0 Å². The number of aromatic nitrogens is 2. The lowest BCUT2D eigenvalue weighted by Crippen LogP contribution is -2.24. The molecule has 26 heavy (non-hydrogen) atoms. The molecule has 0 saturated heterocycles. The zero-order chi connectivity index (χ0) is 18.7. The minimum absolute atomic E-state index is 0.0907.